The fourth-order valence-corrected chi connectivity index (χ4v) is 5.19. The van der Waals surface area contributed by atoms with Gasteiger partial charge in [0.25, 0.3) is 0 Å². The first kappa shape index (κ1) is 18.9. The van der Waals surface area contributed by atoms with Crippen molar-refractivity contribution in [2.75, 3.05) is 19.8 Å². The molecule has 6 nitrogen and oxygen atoms in total. The third kappa shape index (κ3) is 3.21. The minimum absolute atomic E-state index is 0.106. The standard InChI is InChI=1S/C23H31N3O3/c1-15-16-11-18-19(28-10-9-27-18)12-17(16)23(7-5-6-8-23)14-26(15)13-20-24-21(25-29-20)22(2,3)4/h11-12,15H,5-10,13-14H2,1-4H3/t15-/m1/s1. The van der Waals surface area contributed by atoms with E-state index in [9.17, 15) is 0 Å². The summed E-state index contributed by atoms with van der Waals surface area (Å²) in [7, 11) is 0. The van der Waals surface area contributed by atoms with Crippen molar-refractivity contribution in [1.29, 1.82) is 0 Å². The molecule has 6 heteroatoms. The molecule has 1 aliphatic carbocycles. The van der Waals surface area contributed by atoms with E-state index in [-0.39, 0.29) is 16.9 Å². The van der Waals surface area contributed by atoms with E-state index in [4.69, 9.17) is 14.0 Å². The van der Waals surface area contributed by atoms with Gasteiger partial charge in [0.15, 0.2) is 17.3 Å². The number of nitrogens with zero attached hydrogens (tertiary/aromatic N) is 3. The van der Waals surface area contributed by atoms with Gasteiger partial charge in [0.05, 0.1) is 6.54 Å². The van der Waals surface area contributed by atoms with Crippen LogP contribution in [0.15, 0.2) is 16.7 Å². The summed E-state index contributed by atoms with van der Waals surface area (Å²) in [6.07, 6.45) is 5.01. The van der Waals surface area contributed by atoms with Gasteiger partial charge in [-0.2, -0.15) is 4.98 Å². The van der Waals surface area contributed by atoms with Crippen molar-refractivity contribution >= 4 is 0 Å². The second kappa shape index (κ2) is 6.73. The predicted octanol–water partition coefficient (Wildman–Crippen LogP) is 4.53. The summed E-state index contributed by atoms with van der Waals surface area (Å²) in [4.78, 5) is 7.19. The summed E-state index contributed by atoms with van der Waals surface area (Å²) in [6, 6.07) is 4.75. The van der Waals surface area contributed by atoms with Crippen LogP contribution < -0.4 is 9.47 Å². The zero-order valence-electron chi connectivity index (χ0n) is 18.0. The molecule has 1 spiro atoms. The number of rotatable bonds is 2. The van der Waals surface area contributed by atoms with E-state index in [1.807, 2.05) is 0 Å². The molecule has 3 aliphatic rings. The molecule has 2 aromatic rings. The van der Waals surface area contributed by atoms with E-state index < -0.39 is 0 Å². The highest BCUT2D eigenvalue weighted by Gasteiger charge is 2.45. The van der Waals surface area contributed by atoms with Gasteiger partial charge in [0.1, 0.15) is 13.2 Å². The highest BCUT2D eigenvalue weighted by Crippen LogP contribution is 2.52. The molecule has 0 saturated heterocycles. The van der Waals surface area contributed by atoms with E-state index in [2.05, 4.69) is 54.9 Å². The predicted molar refractivity (Wildman–Crippen MR) is 109 cm³/mol. The first-order valence-electron chi connectivity index (χ1n) is 10.9. The number of ether oxygens (including phenoxy) is 2. The molecule has 0 bridgehead atoms. The van der Waals surface area contributed by atoms with E-state index >= 15 is 0 Å². The number of hydrogen-bond acceptors (Lipinski definition) is 6. The molecule has 156 valence electrons. The Morgan fingerprint density at radius 3 is 2.45 bits per heavy atom. The van der Waals surface area contributed by atoms with Crippen LogP contribution in [0, 0.1) is 0 Å². The van der Waals surface area contributed by atoms with Gasteiger partial charge in [-0.3, -0.25) is 4.90 Å². The van der Waals surface area contributed by atoms with Crippen molar-refractivity contribution in [2.45, 2.75) is 76.8 Å². The molecule has 2 aliphatic heterocycles. The van der Waals surface area contributed by atoms with Gasteiger partial charge >= 0.3 is 0 Å². The minimum atomic E-state index is -0.106. The molecule has 0 unspecified atom stereocenters. The highest BCUT2D eigenvalue weighted by atomic mass is 16.6. The summed E-state index contributed by atoms with van der Waals surface area (Å²) >= 11 is 0. The summed E-state index contributed by atoms with van der Waals surface area (Å²) in [6.45, 7) is 11.6. The van der Waals surface area contributed by atoms with Crippen LogP contribution >= 0.6 is 0 Å². The smallest absolute Gasteiger partial charge is 0.240 e. The van der Waals surface area contributed by atoms with Crippen LogP contribution in [-0.4, -0.2) is 34.8 Å². The molecule has 1 saturated carbocycles. The normalized spacial score (nSPS) is 23.4. The van der Waals surface area contributed by atoms with Crippen LogP contribution in [0.5, 0.6) is 11.5 Å². The average molecular weight is 398 g/mol. The van der Waals surface area contributed by atoms with Crippen molar-refractivity contribution < 1.29 is 14.0 Å². The third-order valence-electron chi connectivity index (χ3n) is 6.83. The van der Waals surface area contributed by atoms with Crippen LogP contribution in [0.1, 0.15) is 82.3 Å². The average Bonchev–Trinajstić information content (AvgIpc) is 3.35. The summed E-state index contributed by atoms with van der Waals surface area (Å²) in [5, 5.41) is 4.22. The molecule has 1 fully saturated rings. The van der Waals surface area contributed by atoms with Gasteiger partial charge in [-0.1, -0.05) is 38.8 Å². The van der Waals surface area contributed by atoms with E-state index in [1.54, 1.807) is 0 Å². The summed E-state index contributed by atoms with van der Waals surface area (Å²) in [5.41, 5.74) is 2.90. The highest BCUT2D eigenvalue weighted by molar-refractivity contribution is 5.53. The van der Waals surface area contributed by atoms with Crippen LogP contribution in [0.25, 0.3) is 0 Å². The molecule has 29 heavy (non-hydrogen) atoms. The molecule has 1 atom stereocenters. The Morgan fingerprint density at radius 1 is 1.10 bits per heavy atom. The number of aromatic nitrogens is 2. The van der Waals surface area contributed by atoms with Gasteiger partial charge in [-0.25, -0.2) is 0 Å². The SMILES string of the molecule is C[C@@H]1c2cc3c(cc2C2(CCCC2)CN1Cc1nc(C(C)(C)C)no1)OCCO3. The molecular weight excluding hydrogens is 366 g/mol. The lowest BCUT2D eigenvalue weighted by Gasteiger charge is -2.46. The monoisotopic (exact) mass is 397 g/mol. The summed E-state index contributed by atoms with van der Waals surface area (Å²) < 4.78 is 17.4. The maximum Gasteiger partial charge on any atom is 0.240 e. The largest absolute Gasteiger partial charge is 0.486 e. The van der Waals surface area contributed by atoms with Crippen LogP contribution in [-0.2, 0) is 17.4 Å². The topological polar surface area (TPSA) is 60.6 Å². The van der Waals surface area contributed by atoms with Crippen molar-refractivity contribution in [3.63, 3.8) is 0 Å². The second-order valence-corrected chi connectivity index (χ2v) is 9.91. The third-order valence-corrected chi connectivity index (χ3v) is 6.83. The fourth-order valence-electron chi connectivity index (χ4n) is 5.19. The summed E-state index contributed by atoms with van der Waals surface area (Å²) in [5.74, 6) is 3.27. The van der Waals surface area contributed by atoms with Crippen molar-refractivity contribution in [1.82, 2.24) is 15.0 Å². The molecular formula is C23H31N3O3. The molecule has 1 aromatic heterocycles. The number of benzene rings is 1. The van der Waals surface area contributed by atoms with Crippen LogP contribution in [0.3, 0.4) is 0 Å². The maximum absolute atomic E-state index is 5.91. The second-order valence-electron chi connectivity index (χ2n) is 9.91. The van der Waals surface area contributed by atoms with Crippen molar-refractivity contribution in [3.8, 4) is 11.5 Å². The Morgan fingerprint density at radius 2 is 1.79 bits per heavy atom. The Hall–Kier alpha value is -2.08. The van der Waals surface area contributed by atoms with Crippen molar-refractivity contribution in [2.24, 2.45) is 0 Å². The lowest BCUT2D eigenvalue weighted by molar-refractivity contribution is 0.111. The Bertz CT molecular complexity index is 909. The van der Waals surface area contributed by atoms with Gasteiger partial charge in [-0.05, 0) is 43.0 Å². The molecule has 0 radical (unpaired) electrons. The Kier molecular flexibility index (Phi) is 4.39. The van der Waals surface area contributed by atoms with Gasteiger partial charge in [0, 0.05) is 23.4 Å². The lowest BCUT2D eigenvalue weighted by Crippen LogP contribution is -2.45. The molecule has 5 rings (SSSR count). The van der Waals surface area contributed by atoms with Crippen molar-refractivity contribution in [3.05, 3.63) is 35.0 Å². The molecule has 1 aromatic carbocycles. The molecule has 3 heterocycles. The number of fused-ring (bicyclic) bond motifs is 3. The van der Waals surface area contributed by atoms with E-state index in [0.29, 0.717) is 25.6 Å². The van der Waals surface area contributed by atoms with Crippen LogP contribution in [0.4, 0.5) is 0 Å². The first-order chi connectivity index (χ1) is 13.9. The lowest BCUT2D eigenvalue weighted by atomic mass is 9.71. The fraction of sp³-hybridized carbons (Fsp3) is 0.652. The maximum atomic E-state index is 5.91. The van der Waals surface area contributed by atoms with E-state index in [0.717, 1.165) is 23.9 Å². The quantitative estimate of drug-likeness (QED) is 0.742. The molecule has 0 amide bonds. The molecule has 0 N–H and O–H groups in total. The van der Waals surface area contributed by atoms with Gasteiger partial charge in [0.2, 0.25) is 5.89 Å². The van der Waals surface area contributed by atoms with E-state index in [1.165, 1.54) is 36.8 Å². The zero-order valence-corrected chi connectivity index (χ0v) is 18.0. The van der Waals surface area contributed by atoms with Gasteiger partial charge in [-0.15, -0.1) is 0 Å². The van der Waals surface area contributed by atoms with Crippen LogP contribution in [0.2, 0.25) is 0 Å². The zero-order chi connectivity index (χ0) is 20.2. The number of hydrogen-bond donors (Lipinski definition) is 0. The Balaban J connectivity index is 1.50. The minimum Gasteiger partial charge on any atom is -0.486 e. The Labute approximate surface area is 172 Å². The van der Waals surface area contributed by atoms with Gasteiger partial charge < -0.3 is 14.0 Å². The first-order valence-corrected chi connectivity index (χ1v) is 10.9.